The molecule has 6 nitrogen and oxygen atoms in total. The van der Waals surface area contributed by atoms with Crippen LogP contribution in [-0.4, -0.2) is 46.5 Å². The molecule has 0 spiro atoms. The normalized spacial score (nSPS) is 17.2. The maximum atomic E-state index is 14.4. The number of carbonyl (C=O) groups is 2. The molecule has 0 saturated carbocycles. The van der Waals surface area contributed by atoms with Crippen LogP contribution in [0.3, 0.4) is 0 Å². The highest BCUT2D eigenvalue weighted by Crippen LogP contribution is 2.40. The van der Waals surface area contributed by atoms with Gasteiger partial charge in [-0.25, -0.2) is 9.18 Å². The molecule has 3 aromatic carbocycles. The summed E-state index contributed by atoms with van der Waals surface area (Å²) in [6.45, 7) is 1.60. The Labute approximate surface area is 197 Å². The van der Waals surface area contributed by atoms with Gasteiger partial charge >= 0.3 is 5.97 Å². The van der Waals surface area contributed by atoms with Crippen molar-refractivity contribution in [3.63, 3.8) is 0 Å². The zero-order chi connectivity index (χ0) is 23.7. The van der Waals surface area contributed by atoms with Gasteiger partial charge in [0, 0.05) is 25.2 Å². The Bertz CT molecular complexity index is 1220. The molecule has 1 N–H and O–H groups in total. The fraction of sp³-hybridized carbons (Fsp3) is 0.259. The van der Waals surface area contributed by atoms with Gasteiger partial charge in [-0.2, -0.15) is 0 Å². The summed E-state index contributed by atoms with van der Waals surface area (Å²) in [6, 6.07) is 19.4. The second-order valence-electron chi connectivity index (χ2n) is 8.72. The summed E-state index contributed by atoms with van der Waals surface area (Å²) in [5.74, 6) is -1.39. The highest BCUT2D eigenvalue weighted by molar-refractivity contribution is 5.80. The van der Waals surface area contributed by atoms with Gasteiger partial charge in [0.1, 0.15) is 11.6 Å². The molecule has 1 unspecified atom stereocenters. The lowest BCUT2D eigenvalue weighted by molar-refractivity contribution is -0.139. The quantitative estimate of drug-likeness (QED) is 0.606. The van der Waals surface area contributed by atoms with Gasteiger partial charge in [0.25, 0.3) is 0 Å². The molecule has 0 radical (unpaired) electrons. The first kappa shape index (κ1) is 22.1. The zero-order valence-electron chi connectivity index (χ0n) is 18.6. The van der Waals surface area contributed by atoms with Crippen molar-refractivity contribution >= 4 is 11.9 Å². The molecule has 174 valence electrons. The molecule has 0 bridgehead atoms. The SMILES string of the molecule is O=C(O)COc1ccc(F)cc1C1c2ccccc2CCN1C(=O)CN1Cc2ccccc2C1. The molecule has 7 heteroatoms. The molecule has 2 aliphatic heterocycles. The van der Waals surface area contributed by atoms with Crippen LogP contribution >= 0.6 is 0 Å². The number of hydrogen-bond donors (Lipinski definition) is 1. The predicted octanol–water partition coefficient (Wildman–Crippen LogP) is 3.78. The van der Waals surface area contributed by atoms with Crippen molar-refractivity contribution in [1.82, 2.24) is 9.80 Å². The average molecular weight is 461 g/mol. The summed E-state index contributed by atoms with van der Waals surface area (Å²) in [5, 5.41) is 9.09. The van der Waals surface area contributed by atoms with Gasteiger partial charge < -0.3 is 14.7 Å². The lowest BCUT2D eigenvalue weighted by atomic mass is 9.87. The summed E-state index contributed by atoms with van der Waals surface area (Å²) in [7, 11) is 0. The van der Waals surface area contributed by atoms with Crippen molar-refractivity contribution in [3.05, 3.63) is 100 Å². The van der Waals surface area contributed by atoms with Gasteiger partial charge in [-0.1, -0.05) is 48.5 Å². The van der Waals surface area contributed by atoms with E-state index in [0.717, 1.165) is 11.1 Å². The van der Waals surface area contributed by atoms with E-state index in [1.54, 1.807) is 4.90 Å². The van der Waals surface area contributed by atoms with Gasteiger partial charge in [-0.15, -0.1) is 0 Å². The molecule has 5 rings (SSSR count). The van der Waals surface area contributed by atoms with Crippen LogP contribution < -0.4 is 4.74 Å². The van der Waals surface area contributed by atoms with Crippen molar-refractivity contribution in [2.45, 2.75) is 25.6 Å². The fourth-order valence-corrected chi connectivity index (χ4v) is 4.97. The third kappa shape index (κ3) is 4.39. The number of fused-ring (bicyclic) bond motifs is 2. The van der Waals surface area contributed by atoms with E-state index in [-0.39, 0.29) is 18.2 Å². The summed E-state index contributed by atoms with van der Waals surface area (Å²) in [4.78, 5) is 28.6. The largest absolute Gasteiger partial charge is 0.482 e. The topological polar surface area (TPSA) is 70.1 Å². The first-order chi connectivity index (χ1) is 16.5. The second-order valence-corrected chi connectivity index (χ2v) is 8.72. The maximum Gasteiger partial charge on any atom is 0.341 e. The van der Waals surface area contributed by atoms with Gasteiger partial charge in [0.15, 0.2) is 6.61 Å². The number of carboxylic acids is 1. The Morgan fingerprint density at radius 3 is 2.32 bits per heavy atom. The minimum Gasteiger partial charge on any atom is -0.482 e. The minimum atomic E-state index is -1.12. The number of carboxylic acid groups (broad SMARTS) is 1. The molecule has 34 heavy (non-hydrogen) atoms. The molecule has 2 aliphatic rings. The van der Waals surface area contributed by atoms with Crippen LogP contribution in [0.25, 0.3) is 0 Å². The first-order valence-corrected chi connectivity index (χ1v) is 11.3. The van der Waals surface area contributed by atoms with Crippen LogP contribution in [0, 0.1) is 5.82 Å². The Kier molecular flexibility index (Phi) is 6.02. The lowest BCUT2D eigenvalue weighted by Gasteiger charge is -2.39. The Morgan fingerprint density at radius 1 is 0.941 bits per heavy atom. The molecular weight excluding hydrogens is 435 g/mol. The molecule has 1 atom stereocenters. The Hall–Kier alpha value is -3.71. The van der Waals surface area contributed by atoms with E-state index in [1.807, 2.05) is 36.4 Å². The lowest BCUT2D eigenvalue weighted by Crippen LogP contribution is -2.45. The van der Waals surface area contributed by atoms with Crippen molar-refractivity contribution in [1.29, 1.82) is 0 Å². The van der Waals surface area contributed by atoms with Crippen LogP contribution in [-0.2, 0) is 29.1 Å². The van der Waals surface area contributed by atoms with Crippen LogP contribution in [0.5, 0.6) is 5.75 Å². The van der Waals surface area contributed by atoms with Crippen LogP contribution in [0.4, 0.5) is 4.39 Å². The fourth-order valence-electron chi connectivity index (χ4n) is 4.97. The number of ether oxygens (including phenoxy) is 1. The van der Waals surface area contributed by atoms with Gasteiger partial charge in [0.05, 0.1) is 12.6 Å². The highest BCUT2D eigenvalue weighted by atomic mass is 19.1. The van der Waals surface area contributed by atoms with Crippen molar-refractivity contribution in [3.8, 4) is 5.75 Å². The number of hydrogen-bond acceptors (Lipinski definition) is 4. The Morgan fingerprint density at radius 2 is 1.62 bits per heavy atom. The van der Waals surface area contributed by atoms with E-state index in [2.05, 4.69) is 17.0 Å². The van der Waals surface area contributed by atoms with Gasteiger partial charge in [-0.05, 0) is 46.9 Å². The summed E-state index contributed by atoms with van der Waals surface area (Å²) >= 11 is 0. The number of nitrogens with zero attached hydrogens (tertiary/aromatic N) is 2. The molecule has 0 saturated heterocycles. The van der Waals surface area contributed by atoms with Crippen LogP contribution in [0.15, 0.2) is 66.7 Å². The third-order valence-corrected chi connectivity index (χ3v) is 6.49. The highest BCUT2D eigenvalue weighted by Gasteiger charge is 2.35. The van der Waals surface area contributed by atoms with Crippen molar-refractivity contribution < 1.29 is 23.8 Å². The average Bonchev–Trinajstić information content (AvgIpc) is 3.24. The van der Waals surface area contributed by atoms with Crippen molar-refractivity contribution in [2.75, 3.05) is 19.7 Å². The molecule has 3 aromatic rings. The van der Waals surface area contributed by atoms with Gasteiger partial charge in [-0.3, -0.25) is 9.69 Å². The van der Waals surface area contributed by atoms with E-state index in [4.69, 9.17) is 9.84 Å². The van der Waals surface area contributed by atoms with Crippen LogP contribution in [0.2, 0.25) is 0 Å². The number of aliphatic carboxylic acids is 1. The summed E-state index contributed by atoms with van der Waals surface area (Å²) < 4.78 is 19.9. The third-order valence-electron chi connectivity index (χ3n) is 6.49. The number of halogens is 1. The molecule has 2 heterocycles. The number of carbonyl (C=O) groups excluding carboxylic acids is 1. The zero-order valence-corrected chi connectivity index (χ0v) is 18.6. The van der Waals surface area contributed by atoms with E-state index < -0.39 is 24.4 Å². The molecular formula is C27H25FN2O4. The summed E-state index contributed by atoms with van der Waals surface area (Å²) in [5.41, 5.74) is 4.89. The van der Waals surface area contributed by atoms with Crippen molar-refractivity contribution in [2.24, 2.45) is 0 Å². The second kappa shape index (κ2) is 9.27. The maximum absolute atomic E-state index is 14.4. The smallest absolute Gasteiger partial charge is 0.341 e. The van der Waals surface area contributed by atoms with Crippen LogP contribution in [0.1, 0.15) is 33.9 Å². The summed E-state index contributed by atoms with van der Waals surface area (Å²) in [6.07, 6.45) is 0.694. The van der Waals surface area contributed by atoms with E-state index >= 15 is 0 Å². The number of amides is 1. The Balaban J connectivity index is 1.48. The van der Waals surface area contributed by atoms with E-state index in [9.17, 15) is 14.0 Å². The number of rotatable bonds is 6. The number of benzene rings is 3. The van der Waals surface area contributed by atoms with Gasteiger partial charge in [0.2, 0.25) is 5.91 Å². The van der Waals surface area contributed by atoms with E-state index in [0.29, 0.717) is 31.6 Å². The molecule has 0 aromatic heterocycles. The minimum absolute atomic E-state index is 0.0549. The predicted molar refractivity (Wildman–Crippen MR) is 124 cm³/mol. The molecule has 1 amide bonds. The molecule has 0 fully saturated rings. The molecule has 0 aliphatic carbocycles. The monoisotopic (exact) mass is 460 g/mol. The van der Waals surface area contributed by atoms with E-state index in [1.165, 1.54) is 29.3 Å². The first-order valence-electron chi connectivity index (χ1n) is 11.3. The standard InChI is InChI=1S/C27H25FN2O4/c28-21-9-10-24(34-17-26(32)33)23(13-21)27-22-8-4-3-5-18(22)11-12-30(27)25(31)16-29-14-19-6-1-2-7-20(19)15-29/h1-10,13,27H,11-12,14-17H2,(H,32,33).